The fourth-order valence-corrected chi connectivity index (χ4v) is 4.01. The smallest absolute Gasteiger partial charge is 0.244 e. The van der Waals surface area contributed by atoms with Crippen molar-refractivity contribution in [3.63, 3.8) is 0 Å². The topological polar surface area (TPSA) is 66.5 Å². The van der Waals surface area contributed by atoms with Crippen LogP contribution in [0.1, 0.15) is 36.6 Å². The van der Waals surface area contributed by atoms with Crippen LogP contribution in [0.2, 0.25) is 0 Å². The molecule has 0 saturated carbocycles. The van der Waals surface area contributed by atoms with Crippen molar-refractivity contribution >= 4 is 21.6 Å². The summed E-state index contributed by atoms with van der Waals surface area (Å²) in [6.45, 7) is 7.36. The molecule has 0 radical (unpaired) electrons. The summed E-state index contributed by atoms with van der Waals surface area (Å²) in [5, 5.41) is 2.91. The average Bonchev–Trinajstić information content (AvgIpc) is 2.54. The number of aryl methyl sites for hydroxylation is 2. The lowest BCUT2D eigenvalue weighted by atomic mass is 10.1. The van der Waals surface area contributed by atoms with E-state index < -0.39 is 16.1 Å². The molecule has 0 bridgehead atoms. The maximum Gasteiger partial charge on any atom is 0.244 e. The summed E-state index contributed by atoms with van der Waals surface area (Å²) in [5.74, 6) is -0.343. The van der Waals surface area contributed by atoms with E-state index in [0.717, 1.165) is 27.3 Å². The van der Waals surface area contributed by atoms with Gasteiger partial charge in [0.2, 0.25) is 15.9 Å². The van der Waals surface area contributed by atoms with Gasteiger partial charge in [-0.05, 0) is 51.0 Å². The fraction of sp³-hybridized carbons (Fsp3) is 0.350. The van der Waals surface area contributed by atoms with E-state index in [1.54, 1.807) is 25.1 Å². The number of anilines is 1. The Hall–Kier alpha value is -2.34. The molecule has 0 saturated heterocycles. The maximum absolute atomic E-state index is 12.7. The summed E-state index contributed by atoms with van der Waals surface area (Å²) < 4.78 is 25.8. The molecule has 2 atom stereocenters. The molecule has 0 fully saturated rings. The van der Waals surface area contributed by atoms with Crippen LogP contribution in [0.3, 0.4) is 0 Å². The largest absolute Gasteiger partial charge is 0.348 e. The lowest BCUT2D eigenvalue weighted by Crippen LogP contribution is -2.48. The second-order valence-corrected chi connectivity index (χ2v) is 8.57. The molecular weight excluding hydrogens is 348 g/mol. The quantitative estimate of drug-likeness (QED) is 0.843. The molecule has 1 amide bonds. The minimum atomic E-state index is -3.61. The van der Waals surface area contributed by atoms with Gasteiger partial charge in [0.05, 0.1) is 18.0 Å². The first-order valence-corrected chi connectivity index (χ1v) is 10.4. The molecule has 0 unspecified atom stereocenters. The molecule has 0 aromatic heterocycles. The van der Waals surface area contributed by atoms with Crippen molar-refractivity contribution in [3.8, 4) is 0 Å². The molecule has 0 aliphatic carbocycles. The summed E-state index contributed by atoms with van der Waals surface area (Å²) in [7, 11) is -3.61. The molecule has 2 rings (SSSR count). The number of sulfonamides is 1. The van der Waals surface area contributed by atoms with Gasteiger partial charge in [-0.3, -0.25) is 9.10 Å². The standard InChI is InChI=1S/C20H26N2O3S/c1-14-9-11-18(12-10-14)16(3)21-20(23)17(4)22(26(5,24)25)19-8-6-7-15(2)13-19/h6-13,16-17H,1-5H3,(H,21,23)/t16-,17-/m0/s1. The number of hydrogen-bond donors (Lipinski definition) is 1. The zero-order chi connectivity index (χ0) is 19.5. The molecule has 2 aromatic carbocycles. The molecular formula is C20H26N2O3S. The van der Waals surface area contributed by atoms with Crippen LogP contribution in [0, 0.1) is 13.8 Å². The third-order valence-corrected chi connectivity index (χ3v) is 5.52. The van der Waals surface area contributed by atoms with Gasteiger partial charge < -0.3 is 5.32 Å². The molecule has 0 spiro atoms. The lowest BCUT2D eigenvalue weighted by Gasteiger charge is -2.29. The van der Waals surface area contributed by atoms with Crippen molar-refractivity contribution in [2.24, 2.45) is 0 Å². The molecule has 1 N–H and O–H groups in total. The molecule has 0 heterocycles. The third-order valence-electron chi connectivity index (χ3n) is 4.28. The zero-order valence-electron chi connectivity index (χ0n) is 15.9. The Labute approximate surface area is 156 Å². The maximum atomic E-state index is 12.7. The van der Waals surface area contributed by atoms with Crippen molar-refractivity contribution in [1.29, 1.82) is 0 Å². The normalized spacial score (nSPS) is 13.7. The van der Waals surface area contributed by atoms with Crippen LogP contribution in [-0.2, 0) is 14.8 Å². The summed E-state index contributed by atoms with van der Waals surface area (Å²) in [5.41, 5.74) is 3.52. The van der Waals surface area contributed by atoms with Gasteiger partial charge in [-0.2, -0.15) is 0 Å². The Morgan fingerprint density at radius 2 is 1.62 bits per heavy atom. The van der Waals surface area contributed by atoms with E-state index in [9.17, 15) is 13.2 Å². The second-order valence-electron chi connectivity index (χ2n) is 6.71. The van der Waals surface area contributed by atoms with Gasteiger partial charge in [0.25, 0.3) is 0 Å². The Balaban J connectivity index is 2.23. The Kier molecular flexibility index (Phi) is 6.08. The van der Waals surface area contributed by atoms with Gasteiger partial charge in [-0.1, -0.05) is 42.0 Å². The Morgan fingerprint density at radius 1 is 1.00 bits per heavy atom. The van der Waals surface area contributed by atoms with Crippen LogP contribution in [0.15, 0.2) is 48.5 Å². The van der Waals surface area contributed by atoms with Gasteiger partial charge in [0.15, 0.2) is 0 Å². The van der Waals surface area contributed by atoms with Crippen LogP contribution >= 0.6 is 0 Å². The summed E-state index contributed by atoms with van der Waals surface area (Å²) in [6, 6.07) is 13.9. The second kappa shape index (κ2) is 7.91. The highest BCUT2D eigenvalue weighted by atomic mass is 32.2. The molecule has 26 heavy (non-hydrogen) atoms. The van der Waals surface area contributed by atoms with Crippen molar-refractivity contribution in [3.05, 3.63) is 65.2 Å². The van der Waals surface area contributed by atoms with Crippen LogP contribution in [-0.4, -0.2) is 26.6 Å². The first-order chi connectivity index (χ1) is 12.1. The van der Waals surface area contributed by atoms with Crippen LogP contribution in [0.5, 0.6) is 0 Å². The highest BCUT2D eigenvalue weighted by Crippen LogP contribution is 2.22. The van der Waals surface area contributed by atoms with Crippen LogP contribution in [0.25, 0.3) is 0 Å². The molecule has 5 nitrogen and oxygen atoms in total. The molecule has 140 valence electrons. The van der Waals surface area contributed by atoms with Crippen molar-refractivity contribution in [1.82, 2.24) is 5.32 Å². The molecule has 2 aromatic rings. The lowest BCUT2D eigenvalue weighted by molar-refractivity contribution is -0.122. The van der Waals surface area contributed by atoms with Crippen molar-refractivity contribution < 1.29 is 13.2 Å². The third kappa shape index (κ3) is 4.85. The number of amides is 1. The summed E-state index contributed by atoms with van der Waals surface area (Å²) in [6.07, 6.45) is 1.11. The van der Waals surface area contributed by atoms with Gasteiger partial charge in [0, 0.05) is 0 Å². The molecule has 0 aliphatic heterocycles. The average molecular weight is 375 g/mol. The minimum absolute atomic E-state index is 0.218. The molecule has 6 heteroatoms. The SMILES string of the molecule is Cc1ccc([C@H](C)NC(=O)[C@H](C)N(c2cccc(C)c2)S(C)(=O)=O)cc1. The minimum Gasteiger partial charge on any atom is -0.348 e. The summed E-state index contributed by atoms with van der Waals surface area (Å²) in [4.78, 5) is 12.7. The fourth-order valence-electron chi connectivity index (χ4n) is 2.85. The number of hydrogen-bond acceptors (Lipinski definition) is 3. The van der Waals surface area contributed by atoms with E-state index in [1.165, 1.54) is 0 Å². The van der Waals surface area contributed by atoms with Crippen LogP contribution < -0.4 is 9.62 Å². The van der Waals surface area contributed by atoms with E-state index in [-0.39, 0.29) is 11.9 Å². The van der Waals surface area contributed by atoms with Gasteiger partial charge in [-0.15, -0.1) is 0 Å². The van der Waals surface area contributed by atoms with E-state index >= 15 is 0 Å². The van der Waals surface area contributed by atoms with Crippen LogP contribution in [0.4, 0.5) is 5.69 Å². The number of rotatable bonds is 6. The van der Waals surface area contributed by atoms with Gasteiger partial charge >= 0.3 is 0 Å². The van der Waals surface area contributed by atoms with Gasteiger partial charge in [0.1, 0.15) is 6.04 Å². The number of nitrogens with zero attached hydrogens (tertiary/aromatic N) is 1. The number of benzene rings is 2. The zero-order valence-corrected chi connectivity index (χ0v) is 16.7. The number of carbonyl (C=O) groups is 1. The molecule has 0 aliphatic rings. The predicted octanol–water partition coefficient (Wildman–Crippen LogP) is 3.34. The van der Waals surface area contributed by atoms with E-state index in [4.69, 9.17) is 0 Å². The van der Waals surface area contributed by atoms with E-state index in [1.807, 2.05) is 51.1 Å². The first kappa shape index (κ1) is 20.0. The highest BCUT2D eigenvalue weighted by Gasteiger charge is 2.29. The van der Waals surface area contributed by atoms with Crippen molar-refractivity contribution in [2.75, 3.05) is 10.6 Å². The summed E-state index contributed by atoms with van der Waals surface area (Å²) >= 11 is 0. The first-order valence-electron chi connectivity index (χ1n) is 8.52. The number of carbonyl (C=O) groups excluding carboxylic acids is 1. The van der Waals surface area contributed by atoms with Gasteiger partial charge in [-0.25, -0.2) is 8.42 Å². The van der Waals surface area contributed by atoms with E-state index in [0.29, 0.717) is 5.69 Å². The van der Waals surface area contributed by atoms with E-state index in [2.05, 4.69) is 5.32 Å². The predicted molar refractivity (Wildman–Crippen MR) is 106 cm³/mol. The van der Waals surface area contributed by atoms with Crippen molar-refractivity contribution in [2.45, 2.75) is 39.8 Å². The number of nitrogens with one attached hydrogen (secondary N) is 1. The highest BCUT2D eigenvalue weighted by molar-refractivity contribution is 7.92. The Morgan fingerprint density at radius 3 is 2.15 bits per heavy atom. The monoisotopic (exact) mass is 374 g/mol. The Bertz CT molecular complexity index is 876.